The van der Waals surface area contributed by atoms with Crippen molar-refractivity contribution in [2.45, 2.75) is 5.37 Å². The Hall–Kier alpha value is -3.52. The molecule has 30 heavy (non-hydrogen) atoms. The van der Waals surface area contributed by atoms with Crippen LogP contribution < -0.4 is 9.64 Å². The fraction of sp³-hybridized carbons (Fsp3) is 0.136. The molecule has 1 saturated heterocycles. The van der Waals surface area contributed by atoms with Gasteiger partial charge in [-0.1, -0.05) is 6.07 Å². The van der Waals surface area contributed by atoms with Gasteiger partial charge in [0.05, 0.1) is 24.2 Å². The van der Waals surface area contributed by atoms with Gasteiger partial charge in [0.25, 0.3) is 0 Å². The summed E-state index contributed by atoms with van der Waals surface area (Å²) < 4.78 is 5.19. The highest BCUT2D eigenvalue weighted by atomic mass is 32.2. The number of nitrogens with zero attached hydrogens (tertiary/aromatic N) is 3. The molecule has 2 N–H and O–H groups in total. The Morgan fingerprint density at radius 1 is 1.00 bits per heavy atom. The number of carbonyl (C=O) groups excluding carboxylic acids is 1. The number of aromatic hydroxyl groups is 2. The third kappa shape index (κ3) is 4.08. The minimum atomic E-state index is -0.408. The van der Waals surface area contributed by atoms with Crippen molar-refractivity contribution in [3.05, 3.63) is 72.3 Å². The molecule has 1 unspecified atom stereocenters. The first-order chi connectivity index (χ1) is 14.5. The third-order valence-corrected chi connectivity index (χ3v) is 5.80. The van der Waals surface area contributed by atoms with E-state index in [0.717, 1.165) is 0 Å². The monoisotopic (exact) mass is 421 g/mol. The molecule has 1 fully saturated rings. The van der Waals surface area contributed by atoms with Crippen molar-refractivity contribution in [3.63, 3.8) is 0 Å². The number of azo groups is 1. The van der Waals surface area contributed by atoms with Crippen molar-refractivity contribution in [2.24, 2.45) is 10.2 Å². The van der Waals surface area contributed by atoms with Crippen LogP contribution in [0.2, 0.25) is 0 Å². The molecular weight excluding hydrogens is 402 g/mol. The van der Waals surface area contributed by atoms with Crippen molar-refractivity contribution in [1.29, 1.82) is 0 Å². The molecule has 0 saturated carbocycles. The number of hydrogen-bond donors (Lipinski definition) is 2. The van der Waals surface area contributed by atoms with Gasteiger partial charge in [-0.05, 0) is 54.6 Å². The Labute approximate surface area is 177 Å². The average molecular weight is 421 g/mol. The van der Waals surface area contributed by atoms with E-state index < -0.39 is 5.37 Å². The molecule has 8 heteroatoms. The topological polar surface area (TPSA) is 94.7 Å². The Balaban J connectivity index is 1.64. The summed E-state index contributed by atoms with van der Waals surface area (Å²) in [7, 11) is 1.59. The molecule has 1 aliphatic rings. The molecule has 0 aliphatic carbocycles. The van der Waals surface area contributed by atoms with Gasteiger partial charge in [0.2, 0.25) is 5.91 Å². The lowest BCUT2D eigenvalue weighted by atomic mass is 10.1. The second-order valence-electron chi connectivity index (χ2n) is 6.59. The zero-order valence-electron chi connectivity index (χ0n) is 16.1. The molecule has 1 amide bonds. The van der Waals surface area contributed by atoms with Gasteiger partial charge in [-0.2, -0.15) is 10.2 Å². The number of carbonyl (C=O) groups is 1. The molecule has 152 valence electrons. The number of anilines is 1. The predicted molar refractivity (Wildman–Crippen MR) is 116 cm³/mol. The Kier molecular flexibility index (Phi) is 5.58. The molecule has 1 aliphatic heterocycles. The molecule has 1 heterocycles. The normalized spacial score (nSPS) is 16.4. The van der Waals surface area contributed by atoms with E-state index in [9.17, 15) is 15.0 Å². The van der Waals surface area contributed by atoms with E-state index >= 15 is 0 Å². The SMILES string of the molecule is COc1cccc(N=Nc2ccc(O)c(C3SCC(=O)N3c3ccc(O)cc3)c2)c1. The van der Waals surface area contributed by atoms with Crippen LogP contribution in [0.1, 0.15) is 10.9 Å². The van der Waals surface area contributed by atoms with Crippen LogP contribution in [0.4, 0.5) is 17.1 Å². The molecule has 0 spiro atoms. The van der Waals surface area contributed by atoms with Gasteiger partial charge in [0.15, 0.2) is 0 Å². The maximum Gasteiger partial charge on any atom is 0.238 e. The first kappa shape index (κ1) is 19.8. The molecule has 3 aromatic carbocycles. The molecule has 0 aromatic heterocycles. The third-order valence-electron chi connectivity index (χ3n) is 4.61. The van der Waals surface area contributed by atoms with E-state index in [2.05, 4.69) is 10.2 Å². The van der Waals surface area contributed by atoms with E-state index in [4.69, 9.17) is 4.74 Å². The summed E-state index contributed by atoms with van der Waals surface area (Å²) in [5.74, 6) is 1.10. The van der Waals surface area contributed by atoms with Gasteiger partial charge in [-0.15, -0.1) is 11.8 Å². The molecule has 4 rings (SSSR count). The molecule has 3 aromatic rings. The van der Waals surface area contributed by atoms with E-state index in [0.29, 0.717) is 34.1 Å². The lowest BCUT2D eigenvalue weighted by Gasteiger charge is -2.25. The van der Waals surface area contributed by atoms with Gasteiger partial charge < -0.3 is 14.9 Å². The van der Waals surface area contributed by atoms with Crippen LogP contribution in [-0.2, 0) is 4.79 Å². The first-order valence-electron chi connectivity index (χ1n) is 9.16. The molecule has 0 bridgehead atoms. The fourth-order valence-corrected chi connectivity index (χ4v) is 4.33. The quantitative estimate of drug-likeness (QED) is 0.545. The Morgan fingerprint density at radius 2 is 1.73 bits per heavy atom. The minimum Gasteiger partial charge on any atom is -0.508 e. The summed E-state index contributed by atoms with van der Waals surface area (Å²) in [5.41, 5.74) is 2.41. The fourth-order valence-electron chi connectivity index (χ4n) is 3.14. The molecule has 1 atom stereocenters. The standard InChI is InChI=1S/C22H19N3O4S/c1-29-18-4-2-3-14(11-18)23-24-15-5-10-20(27)19(12-15)22-25(21(28)13-30-22)16-6-8-17(26)9-7-16/h2-12,22,26-27H,13H2,1H3. The van der Waals surface area contributed by atoms with Crippen LogP contribution in [0, 0.1) is 0 Å². The van der Waals surface area contributed by atoms with Crippen molar-refractivity contribution < 1.29 is 19.7 Å². The number of phenols is 2. The predicted octanol–water partition coefficient (Wildman–Crippen LogP) is 5.30. The highest BCUT2D eigenvalue weighted by molar-refractivity contribution is 8.00. The van der Waals surface area contributed by atoms with E-state index in [1.165, 1.54) is 23.9 Å². The zero-order valence-corrected chi connectivity index (χ0v) is 16.9. The number of rotatable bonds is 5. The summed E-state index contributed by atoms with van der Waals surface area (Å²) in [4.78, 5) is 14.1. The molecule has 0 radical (unpaired) electrons. The second-order valence-corrected chi connectivity index (χ2v) is 7.66. The van der Waals surface area contributed by atoms with E-state index in [1.807, 2.05) is 18.2 Å². The zero-order chi connectivity index (χ0) is 21.1. The van der Waals surface area contributed by atoms with E-state index in [-0.39, 0.29) is 17.4 Å². The van der Waals surface area contributed by atoms with Crippen LogP contribution in [0.25, 0.3) is 0 Å². The van der Waals surface area contributed by atoms with Crippen molar-refractivity contribution in [1.82, 2.24) is 0 Å². The van der Waals surface area contributed by atoms with Crippen LogP contribution in [-0.4, -0.2) is 29.0 Å². The number of benzene rings is 3. The van der Waals surface area contributed by atoms with Gasteiger partial charge in [0, 0.05) is 17.3 Å². The van der Waals surface area contributed by atoms with Crippen LogP contribution in [0.15, 0.2) is 77.0 Å². The van der Waals surface area contributed by atoms with Gasteiger partial charge >= 0.3 is 0 Å². The lowest BCUT2D eigenvalue weighted by Crippen LogP contribution is -2.27. The Morgan fingerprint density at radius 3 is 2.47 bits per heavy atom. The first-order valence-corrected chi connectivity index (χ1v) is 10.2. The number of ether oxygens (including phenoxy) is 1. The summed E-state index contributed by atoms with van der Waals surface area (Å²) in [6.45, 7) is 0. The average Bonchev–Trinajstić information content (AvgIpc) is 3.15. The summed E-state index contributed by atoms with van der Waals surface area (Å²) in [6.07, 6.45) is 0. The summed E-state index contributed by atoms with van der Waals surface area (Å²) in [6, 6.07) is 18.6. The maximum atomic E-state index is 12.5. The van der Waals surface area contributed by atoms with Gasteiger partial charge in [0.1, 0.15) is 22.6 Å². The number of hydrogen-bond acceptors (Lipinski definition) is 7. The molecular formula is C22H19N3O4S. The smallest absolute Gasteiger partial charge is 0.238 e. The van der Waals surface area contributed by atoms with Crippen molar-refractivity contribution >= 4 is 34.7 Å². The van der Waals surface area contributed by atoms with Crippen LogP contribution in [0.5, 0.6) is 17.2 Å². The summed E-state index contributed by atoms with van der Waals surface area (Å²) >= 11 is 1.42. The second kappa shape index (κ2) is 8.46. The lowest BCUT2D eigenvalue weighted by molar-refractivity contribution is -0.115. The largest absolute Gasteiger partial charge is 0.508 e. The van der Waals surface area contributed by atoms with Crippen LogP contribution >= 0.6 is 11.8 Å². The number of thioether (sulfide) groups is 1. The van der Waals surface area contributed by atoms with E-state index in [1.54, 1.807) is 48.4 Å². The summed E-state index contributed by atoms with van der Waals surface area (Å²) in [5, 5.41) is 28.1. The number of methoxy groups -OCH3 is 1. The highest BCUT2D eigenvalue weighted by Crippen LogP contribution is 2.45. The number of phenolic OH excluding ortho intramolecular Hbond substituents is 2. The van der Waals surface area contributed by atoms with Crippen molar-refractivity contribution in [3.8, 4) is 17.2 Å². The maximum absolute atomic E-state index is 12.5. The Bertz CT molecular complexity index is 1100. The highest BCUT2D eigenvalue weighted by Gasteiger charge is 2.35. The van der Waals surface area contributed by atoms with Crippen LogP contribution in [0.3, 0.4) is 0 Å². The molecule has 7 nitrogen and oxygen atoms in total. The minimum absolute atomic E-state index is 0.0708. The number of amides is 1. The van der Waals surface area contributed by atoms with Gasteiger partial charge in [-0.3, -0.25) is 9.69 Å². The van der Waals surface area contributed by atoms with Crippen molar-refractivity contribution in [2.75, 3.05) is 17.8 Å². The van der Waals surface area contributed by atoms with Gasteiger partial charge in [-0.25, -0.2) is 0 Å².